The van der Waals surface area contributed by atoms with Crippen LogP contribution in [0.5, 0.6) is 11.5 Å². The van der Waals surface area contributed by atoms with Crippen molar-refractivity contribution in [3.8, 4) is 11.5 Å². The Kier molecular flexibility index (Phi) is 5.47. The molecular formula is C15H23NO4S. The summed E-state index contributed by atoms with van der Waals surface area (Å²) in [4.78, 5) is 0. The molecule has 0 spiro atoms. The number of hydrogen-bond donors (Lipinski definition) is 1. The molecule has 1 aliphatic heterocycles. The first-order valence-electron chi connectivity index (χ1n) is 7.32. The zero-order valence-electron chi connectivity index (χ0n) is 12.6. The van der Waals surface area contributed by atoms with Crippen molar-refractivity contribution in [1.82, 2.24) is 5.32 Å². The molecule has 1 unspecified atom stereocenters. The number of hydrogen-bond acceptors (Lipinski definition) is 5. The minimum absolute atomic E-state index is 0.206. The van der Waals surface area contributed by atoms with Crippen LogP contribution in [0, 0.1) is 0 Å². The Morgan fingerprint density at radius 2 is 2.05 bits per heavy atom. The molecule has 118 valence electrons. The highest BCUT2D eigenvalue weighted by Crippen LogP contribution is 2.32. The number of sulfone groups is 1. The smallest absolute Gasteiger partial charge is 0.231 e. The van der Waals surface area contributed by atoms with Gasteiger partial charge in [-0.2, -0.15) is 0 Å². The molecule has 5 nitrogen and oxygen atoms in total. The molecule has 0 aromatic heterocycles. The molecule has 1 aromatic rings. The van der Waals surface area contributed by atoms with Crippen molar-refractivity contribution < 1.29 is 17.9 Å². The van der Waals surface area contributed by atoms with Gasteiger partial charge >= 0.3 is 0 Å². The molecular weight excluding hydrogens is 290 g/mol. The fourth-order valence-corrected chi connectivity index (χ4v) is 2.90. The highest BCUT2D eigenvalue weighted by Gasteiger charge is 2.13. The average Bonchev–Trinajstić information content (AvgIpc) is 2.92. The van der Waals surface area contributed by atoms with E-state index in [1.54, 1.807) is 6.92 Å². The van der Waals surface area contributed by atoms with Gasteiger partial charge in [-0.25, -0.2) is 8.42 Å². The number of aryl methyl sites for hydroxylation is 1. The summed E-state index contributed by atoms with van der Waals surface area (Å²) in [6.45, 7) is 4.56. The van der Waals surface area contributed by atoms with Gasteiger partial charge in [-0.05, 0) is 37.5 Å². The van der Waals surface area contributed by atoms with E-state index < -0.39 is 9.84 Å². The zero-order valence-corrected chi connectivity index (χ0v) is 13.4. The second-order valence-corrected chi connectivity index (χ2v) is 7.79. The van der Waals surface area contributed by atoms with E-state index >= 15 is 0 Å². The van der Waals surface area contributed by atoms with Gasteiger partial charge in [0, 0.05) is 18.3 Å². The molecule has 0 amide bonds. The van der Waals surface area contributed by atoms with E-state index in [1.165, 1.54) is 5.56 Å². The summed E-state index contributed by atoms with van der Waals surface area (Å²) < 4.78 is 33.4. The fraction of sp³-hybridized carbons (Fsp3) is 0.600. The van der Waals surface area contributed by atoms with E-state index in [4.69, 9.17) is 9.47 Å². The first-order chi connectivity index (χ1) is 10.00. The third-order valence-corrected chi connectivity index (χ3v) is 5.35. The molecule has 1 N–H and O–H groups in total. The molecule has 0 saturated carbocycles. The average molecular weight is 313 g/mol. The molecule has 0 fully saturated rings. The lowest BCUT2D eigenvalue weighted by Crippen LogP contribution is -2.31. The molecule has 21 heavy (non-hydrogen) atoms. The van der Waals surface area contributed by atoms with Crippen molar-refractivity contribution in [3.63, 3.8) is 0 Å². The van der Waals surface area contributed by atoms with Crippen molar-refractivity contribution in [2.45, 2.75) is 32.7 Å². The van der Waals surface area contributed by atoms with E-state index in [-0.39, 0.29) is 17.5 Å². The zero-order chi connectivity index (χ0) is 15.3. The van der Waals surface area contributed by atoms with Gasteiger partial charge in [0.15, 0.2) is 21.3 Å². The monoisotopic (exact) mass is 313 g/mol. The quantitative estimate of drug-likeness (QED) is 0.792. The Morgan fingerprint density at radius 1 is 1.29 bits per heavy atom. The number of fused-ring (bicyclic) bond motifs is 1. The van der Waals surface area contributed by atoms with Crippen LogP contribution in [0.25, 0.3) is 0 Å². The normalized spacial score (nSPS) is 15.1. The van der Waals surface area contributed by atoms with Crippen molar-refractivity contribution >= 4 is 9.84 Å². The molecule has 2 rings (SSSR count). The first kappa shape index (κ1) is 16.1. The van der Waals surface area contributed by atoms with Crippen molar-refractivity contribution in [1.29, 1.82) is 0 Å². The minimum Gasteiger partial charge on any atom is -0.454 e. The molecule has 1 atom stereocenters. The number of rotatable bonds is 8. The summed E-state index contributed by atoms with van der Waals surface area (Å²) in [5.74, 6) is 2.02. The summed E-state index contributed by atoms with van der Waals surface area (Å²) in [5.41, 5.74) is 1.20. The SMILES string of the molecule is CCS(=O)(=O)CCNC(C)CCc1ccc2c(c1)OCO2. The van der Waals surface area contributed by atoms with Gasteiger partial charge in [-0.1, -0.05) is 13.0 Å². The topological polar surface area (TPSA) is 64.6 Å². The number of benzene rings is 1. The standard InChI is InChI=1S/C15H23NO4S/c1-3-21(17,18)9-8-16-12(2)4-5-13-6-7-14-15(10-13)20-11-19-14/h6-7,10,12,16H,3-5,8-9,11H2,1-2H3. The fourth-order valence-electron chi connectivity index (χ4n) is 2.19. The third-order valence-electron chi connectivity index (χ3n) is 3.65. The van der Waals surface area contributed by atoms with Crippen LogP contribution in [0.1, 0.15) is 25.8 Å². The highest BCUT2D eigenvalue weighted by molar-refractivity contribution is 7.91. The van der Waals surface area contributed by atoms with E-state index in [1.807, 2.05) is 18.2 Å². The maximum atomic E-state index is 11.4. The summed E-state index contributed by atoms with van der Waals surface area (Å²) in [7, 11) is -2.88. The van der Waals surface area contributed by atoms with Crippen LogP contribution < -0.4 is 14.8 Å². The Labute approximate surface area is 126 Å². The molecule has 0 bridgehead atoms. The molecule has 0 aliphatic carbocycles. The first-order valence-corrected chi connectivity index (χ1v) is 9.14. The van der Waals surface area contributed by atoms with Gasteiger partial charge in [0.2, 0.25) is 6.79 Å². The second kappa shape index (κ2) is 7.13. The lowest BCUT2D eigenvalue weighted by atomic mass is 10.1. The predicted octanol–water partition coefficient (Wildman–Crippen LogP) is 1.76. The summed E-state index contributed by atoms with van der Waals surface area (Å²) in [5, 5.41) is 3.26. The molecule has 0 saturated heterocycles. The highest BCUT2D eigenvalue weighted by atomic mass is 32.2. The number of ether oxygens (including phenoxy) is 2. The Morgan fingerprint density at radius 3 is 2.81 bits per heavy atom. The van der Waals surface area contributed by atoms with E-state index in [0.29, 0.717) is 13.3 Å². The van der Waals surface area contributed by atoms with Crippen LogP contribution in [0.4, 0.5) is 0 Å². The maximum Gasteiger partial charge on any atom is 0.231 e. The van der Waals surface area contributed by atoms with Gasteiger partial charge in [-0.3, -0.25) is 0 Å². The Balaban J connectivity index is 1.73. The van der Waals surface area contributed by atoms with E-state index in [2.05, 4.69) is 12.2 Å². The van der Waals surface area contributed by atoms with Crippen molar-refractivity contribution in [2.75, 3.05) is 24.8 Å². The predicted molar refractivity (Wildman–Crippen MR) is 82.7 cm³/mol. The maximum absolute atomic E-state index is 11.4. The van der Waals surface area contributed by atoms with E-state index in [9.17, 15) is 8.42 Å². The molecule has 1 aliphatic rings. The van der Waals surface area contributed by atoms with Crippen LogP contribution in [0.2, 0.25) is 0 Å². The third kappa shape index (κ3) is 4.89. The van der Waals surface area contributed by atoms with Crippen LogP contribution in [0.15, 0.2) is 18.2 Å². The van der Waals surface area contributed by atoms with Gasteiger partial charge in [-0.15, -0.1) is 0 Å². The molecule has 6 heteroatoms. The Hall–Kier alpha value is -1.27. The van der Waals surface area contributed by atoms with Crippen LogP contribution in [-0.2, 0) is 16.3 Å². The van der Waals surface area contributed by atoms with Gasteiger partial charge in [0.05, 0.1) is 5.75 Å². The second-order valence-electron chi connectivity index (χ2n) is 5.32. The van der Waals surface area contributed by atoms with E-state index in [0.717, 1.165) is 24.3 Å². The summed E-state index contributed by atoms with van der Waals surface area (Å²) >= 11 is 0. The summed E-state index contributed by atoms with van der Waals surface area (Å²) in [6.07, 6.45) is 1.87. The minimum atomic E-state index is -2.88. The van der Waals surface area contributed by atoms with Crippen LogP contribution >= 0.6 is 0 Å². The van der Waals surface area contributed by atoms with Gasteiger partial charge < -0.3 is 14.8 Å². The van der Waals surface area contributed by atoms with Crippen LogP contribution in [-0.4, -0.2) is 39.3 Å². The molecule has 0 radical (unpaired) electrons. The summed E-state index contributed by atoms with van der Waals surface area (Å²) in [6, 6.07) is 6.27. The van der Waals surface area contributed by atoms with Crippen LogP contribution in [0.3, 0.4) is 0 Å². The van der Waals surface area contributed by atoms with Crippen molar-refractivity contribution in [2.24, 2.45) is 0 Å². The number of nitrogens with one attached hydrogen (secondary N) is 1. The Bertz CT molecular complexity index is 571. The molecule has 1 heterocycles. The van der Waals surface area contributed by atoms with Gasteiger partial charge in [0.1, 0.15) is 0 Å². The van der Waals surface area contributed by atoms with Crippen molar-refractivity contribution in [3.05, 3.63) is 23.8 Å². The van der Waals surface area contributed by atoms with Gasteiger partial charge in [0.25, 0.3) is 0 Å². The lowest BCUT2D eigenvalue weighted by Gasteiger charge is -2.13. The molecule has 1 aromatic carbocycles. The lowest BCUT2D eigenvalue weighted by molar-refractivity contribution is 0.174. The largest absolute Gasteiger partial charge is 0.454 e.